The van der Waals surface area contributed by atoms with Crippen molar-refractivity contribution in [1.29, 1.82) is 0 Å². The second-order valence-electron chi connectivity index (χ2n) is 7.34. The average molecular weight is 339 g/mol. The van der Waals surface area contributed by atoms with Crippen LogP contribution in [0.4, 0.5) is 0 Å². The number of methoxy groups -OCH3 is 1. The minimum absolute atomic E-state index is 0.198. The van der Waals surface area contributed by atoms with Crippen LogP contribution in [0.5, 0.6) is 0 Å². The lowest BCUT2D eigenvalue weighted by atomic mass is 9.92. The summed E-state index contributed by atoms with van der Waals surface area (Å²) < 4.78 is 10.6. The summed E-state index contributed by atoms with van der Waals surface area (Å²) >= 11 is 0. The Hall–Kier alpha value is -0.690. The van der Waals surface area contributed by atoms with E-state index in [0.717, 1.165) is 65.3 Å². The number of piperidine rings is 2. The van der Waals surface area contributed by atoms with E-state index in [-0.39, 0.29) is 5.92 Å². The monoisotopic (exact) mass is 339 g/mol. The van der Waals surface area contributed by atoms with E-state index < -0.39 is 0 Å². The highest BCUT2D eigenvalue weighted by Gasteiger charge is 2.33. The molecule has 138 valence electrons. The Kier molecular flexibility index (Phi) is 6.89. The lowest BCUT2D eigenvalue weighted by Crippen LogP contribution is -2.52. The zero-order chi connectivity index (χ0) is 16.8. The number of ether oxygens (including phenoxy) is 2. The summed E-state index contributed by atoms with van der Waals surface area (Å²) in [7, 11) is 1.77. The Bertz CT molecular complexity index is 393. The van der Waals surface area contributed by atoms with E-state index >= 15 is 0 Å². The summed E-state index contributed by atoms with van der Waals surface area (Å²) in [6.07, 6.45) is 4.66. The standard InChI is InChI=1S/C18H33N3O3/c1-23-12-9-19-7-4-17(5-8-19)21-6-2-3-16(15-21)18(22)20-10-13-24-14-11-20/h16-17H,2-15H2,1H3/t16-/m0/s1. The summed E-state index contributed by atoms with van der Waals surface area (Å²) in [6, 6.07) is 0.657. The predicted molar refractivity (Wildman–Crippen MR) is 93.0 cm³/mol. The van der Waals surface area contributed by atoms with Crippen LogP contribution in [0, 0.1) is 5.92 Å². The van der Waals surface area contributed by atoms with Gasteiger partial charge < -0.3 is 19.3 Å². The highest BCUT2D eigenvalue weighted by molar-refractivity contribution is 5.79. The third kappa shape index (κ3) is 4.69. The van der Waals surface area contributed by atoms with Gasteiger partial charge in [0.05, 0.1) is 25.7 Å². The highest BCUT2D eigenvalue weighted by Crippen LogP contribution is 2.25. The first-order chi connectivity index (χ1) is 11.8. The topological polar surface area (TPSA) is 45.2 Å². The van der Waals surface area contributed by atoms with Gasteiger partial charge in [0.25, 0.3) is 0 Å². The van der Waals surface area contributed by atoms with Gasteiger partial charge in [-0.3, -0.25) is 9.69 Å². The van der Waals surface area contributed by atoms with Crippen LogP contribution in [0.2, 0.25) is 0 Å². The molecule has 0 unspecified atom stereocenters. The molecule has 3 heterocycles. The Morgan fingerprint density at radius 2 is 1.83 bits per heavy atom. The van der Waals surface area contributed by atoms with Crippen LogP contribution in [-0.4, -0.2) is 99.4 Å². The molecule has 3 fully saturated rings. The molecule has 24 heavy (non-hydrogen) atoms. The van der Waals surface area contributed by atoms with Crippen molar-refractivity contribution in [2.24, 2.45) is 5.92 Å². The normalized spacial score (nSPS) is 28.2. The molecule has 0 spiro atoms. The van der Waals surface area contributed by atoms with Crippen molar-refractivity contribution < 1.29 is 14.3 Å². The van der Waals surface area contributed by atoms with Gasteiger partial charge in [-0.25, -0.2) is 0 Å². The van der Waals surface area contributed by atoms with E-state index in [2.05, 4.69) is 9.80 Å². The Morgan fingerprint density at radius 1 is 1.08 bits per heavy atom. The van der Waals surface area contributed by atoms with Crippen molar-refractivity contribution in [3.8, 4) is 0 Å². The lowest BCUT2D eigenvalue weighted by Gasteiger charge is -2.43. The molecule has 0 aromatic heterocycles. The summed E-state index contributed by atoms with van der Waals surface area (Å²) in [5, 5.41) is 0. The summed E-state index contributed by atoms with van der Waals surface area (Å²) in [5.74, 6) is 0.559. The maximum absolute atomic E-state index is 12.8. The van der Waals surface area contributed by atoms with Crippen molar-refractivity contribution in [1.82, 2.24) is 14.7 Å². The number of carbonyl (C=O) groups excluding carboxylic acids is 1. The minimum Gasteiger partial charge on any atom is -0.383 e. The maximum atomic E-state index is 12.8. The Balaban J connectivity index is 1.46. The van der Waals surface area contributed by atoms with E-state index in [1.54, 1.807) is 7.11 Å². The molecule has 1 amide bonds. The summed E-state index contributed by atoms with van der Waals surface area (Å²) in [4.78, 5) is 19.9. The fraction of sp³-hybridized carbons (Fsp3) is 0.944. The first kappa shape index (κ1) is 18.1. The SMILES string of the molecule is COCCN1CCC(N2CCC[C@H](C(=O)N3CCOCC3)C2)CC1. The molecule has 3 saturated heterocycles. The van der Waals surface area contributed by atoms with Gasteiger partial charge in [0.15, 0.2) is 0 Å². The molecule has 0 N–H and O–H groups in total. The molecule has 1 atom stereocenters. The number of carbonyl (C=O) groups is 1. The van der Waals surface area contributed by atoms with Crippen LogP contribution in [0.3, 0.4) is 0 Å². The molecule has 3 rings (SSSR count). The number of hydrogen-bond donors (Lipinski definition) is 0. The zero-order valence-corrected chi connectivity index (χ0v) is 15.1. The molecule has 6 heteroatoms. The molecule has 0 radical (unpaired) electrons. The molecule has 3 aliphatic heterocycles. The van der Waals surface area contributed by atoms with Crippen molar-refractivity contribution in [2.75, 3.05) is 72.7 Å². The number of rotatable bonds is 5. The van der Waals surface area contributed by atoms with Gasteiger partial charge in [-0.05, 0) is 45.3 Å². The van der Waals surface area contributed by atoms with Crippen molar-refractivity contribution in [3.05, 3.63) is 0 Å². The first-order valence-electron chi connectivity index (χ1n) is 9.60. The minimum atomic E-state index is 0.198. The van der Waals surface area contributed by atoms with Crippen LogP contribution >= 0.6 is 0 Å². The van der Waals surface area contributed by atoms with Crippen LogP contribution in [0.15, 0.2) is 0 Å². The first-order valence-corrected chi connectivity index (χ1v) is 9.60. The van der Waals surface area contributed by atoms with E-state index in [4.69, 9.17) is 9.47 Å². The fourth-order valence-electron chi connectivity index (χ4n) is 4.31. The molecular weight excluding hydrogens is 306 g/mol. The largest absolute Gasteiger partial charge is 0.383 e. The van der Waals surface area contributed by atoms with Gasteiger partial charge in [0.1, 0.15) is 0 Å². The van der Waals surface area contributed by atoms with Crippen molar-refractivity contribution >= 4 is 5.91 Å². The fourth-order valence-corrected chi connectivity index (χ4v) is 4.31. The quantitative estimate of drug-likeness (QED) is 0.737. The van der Waals surface area contributed by atoms with E-state index in [0.29, 0.717) is 25.2 Å². The highest BCUT2D eigenvalue weighted by atomic mass is 16.5. The second kappa shape index (κ2) is 9.13. The predicted octanol–water partition coefficient (Wildman–Crippen LogP) is 0.668. The molecular formula is C18H33N3O3. The lowest BCUT2D eigenvalue weighted by molar-refractivity contribution is -0.142. The van der Waals surface area contributed by atoms with Gasteiger partial charge in [-0.1, -0.05) is 0 Å². The third-order valence-electron chi connectivity index (χ3n) is 5.81. The molecule has 3 aliphatic rings. The van der Waals surface area contributed by atoms with Gasteiger partial charge >= 0.3 is 0 Å². The van der Waals surface area contributed by atoms with Crippen LogP contribution in [0.1, 0.15) is 25.7 Å². The van der Waals surface area contributed by atoms with Gasteiger partial charge in [0, 0.05) is 39.3 Å². The van der Waals surface area contributed by atoms with E-state index in [1.807, 2.05) is 4.90 Å². The van der Waals surface area contributed by atoms with E-state index in [9.17, 15) is 4.79 Å². The number of likely N-dealkylation sites (tertiary alicyclic amines) is 2. The van der Waals surface area contributed by atoms with Crippen LogP contribution < -0.4 is 0 Å². The molecule has 0 aliphatic carbocycles. The average Bonchev–Trinajstić information content (AvgIpc) is 2.67. The number of hydrogen-bond acceptors (Lipinski definition) is 5. The van der Waals surface area contributed by atoms with Gasteiger partial charge in [0.2, 0.25) is 5.91 Å². The van der Waals surface area contributed by atoms with Crippen molar-refractivity contribution in [3.63, 3.8) is 0 Å². The Labute approximate surface area is 146 Å². The second-order valence-corrected chi connectivity index (χ2v) is 7.34. The van der Waals surface area contributed by atoms with Crippen LogP contribution in [-0.2, 0) is 14.3 Å². The number of amides is 1. The van der Waals surface area contributed by atoms with Gasteiger partial charge in [-0.2, -0.15) is 0 Å². The van der Waals surface area contributed by atoms with E-state index in [1.165, 1.54) is 12.8 Å². The molecule has 0 bridgehead atoms. The molecule has 6 nitrogen and oxygen atoms in total. The molecule has 0 aromatic carbocycles. The zero-order valence-electron chi connectivity index (χ0n) is 15.1. The number of nitrogens with zero attached hydrogens (tertiary/aromatic N) is 3. The smallest absolute Gasteiger partial charge is 0.227 e. The van der Waals surface area contributed by atoms with Crippen molar-refractivity contribution in [2.45, 2.75) is 31.7 Å². The maximum Gasteiger partial charge on any atom is 0.227 e. The third-order valence-corrected chi connectivity index (χ3v) is 5.81. The molecule has 0 saturated carbocycles. The number of morpholine rings is 1. The summed E-state index contributed by atoms with van der Waals surface area (Å²) in [6.45, 7) is 9.24. The Morgan fingerprint density at radius 3 is 2.54 bits per heavy atom. The van der Waals surface area contributed by atoms with Gasteiger partial charge in [-0.15, -0.1) is 0 Å². The van der Waals surface area contributed by atoms with Crippen LogP contribution in [0.25, 0.3) is 0 Å². The molecule has 0 aromatic rings. The summed E-state index contributed by atoms with van der Waals surface area (Å²) in [5.41, 5.74) is 0.